The monoisotopic (exact) mass is 706 g/mol. The zero-order chi connectivity index (χ0) is 37.0. The summed E-state index contributed by atoms with van der Waals surface area (Å²) in [6.07, 6.45) is 1.01. The standard InChI is InChI=1S/C41H49F3N2O5/c1-5-22-46(38(49)45-31-13-16-33(51-4)17-14-31)26-40(50)21-19-36-34-18-12-28(23-32(47)15-11-27(2)8-7-20-39(36,40)3)24-35(34)37(48)29-9-6-10-30(25-29)41(42,43)44/h6,8-10,12-14,16-18,24-25,32,36,47,50H,5,7,11,15,19-23,26H2,1-4H3,(H,45,49)/t32-,36-,39-,40+/m0/s1. The minimum atomic E-state index is -4.62. The van der Waals surface area contributed by atoms with E-state index in [9.17, 15) is 33.0 Å². The van der Waals surface area contributed by atoms with Crippen LogP contribution in [-0.2, 0) is 12.6 Å². The number of carbonyl (C=O) groups excluding carboxylic acids is 2. The number of ketones is 1. The van der Waals surface area contributed by atoms with Crippen LogP contribution in [0.25, 0.3) is 0 Å². The van der Waals surface area contributed by atoms with Crippen molar-refractivity contribution in [3.05, 3.63) is 106 Å². The number of ether oxygens (including phenoxy) is 1. The van der Waals surface area contributed by atoms with Crippen LogP contribution >= 0.6 is 0 Å². The maximum Gasteiger partial charge on any atom is 0.416 e. The molecule has 3 N–H and O–H groups in total. The molecule has 2 amide bonds. The number of aliphatic hydroxyl groups excluding tert-OH is 1. The number of anilines is 1. The third-order valence-corrected chi connectivity index (χ3v) is 10.9. The largest absolute Gasteiger partial charge is 0.497 e. The van der Waals surface area contributed by atoms with Gasteiger partial charge in [0.1, 0.15) is 5.75 Å². The lowest BCUT2D eigenvalue weighted by Gasteiger charge is -2.46. The molecule has 0 aromatic heterocycles. The maximum atomic E-state index is 14.2. The van der Waals surface area contributed by atoms with Crippen molar-refractivity contribution in [1.82, 2.24) is 4.90 Å². The number of alkyl halides is 3. The Balaban J connectivity index is 1.56. The van der Waals surface area contributed by atoms with Crippen molar-refractivity contribution >= 4 is 17.5 Å². The van der Waals surface area contributed by atoms with E-state index < -0.39 is 34.6 Å². The Labute approximate surface area is 298 Å². The number of fused-ring (bicyclic) bond motifs is 8. The molecule has 10 heteroatoms. The van der Waals surface area contributed by atoms with Crippen molar-refractivity contribution < 1.29 is 37.7 Å². The van der Waals surface area contributed by atoms with Gasteiger partial charge in [0.05, 0.1) is 30.9 Å². The predicted molar refractivity (Wildman–Crippen MR) is 192 cm³/mol. The molecule has 51 heavy (non-hydrogen) atoms. The average Bonchev–Trinajstić information content (AvgIpc) is 3.35. The molecular weight excluding hydrogens is 657 g/mol. The van der Waals surface area contributed by atoms with Gasteiger partial charge in [-0.05, 0) is 118 Å². The highest BCUT2D eigenvalue weighted by atomic mass is 19.4. The van der Waals surface area contributed by atoms with Gasteiger partial charge in [0.2, 0.25) is 0 Å². The number of benzene rings is 3. The lowest BCUT2D eigenvalue weighted by atomic mass is 9.64. The number of urea groups is 1. The van der Waals surface area contributed by atoms with Crippen molar-refractivity contribution in [1.29, 1.82) is 0 Å². The van der Waals surface area contributed by atoms with Crippen LogP contribution in [0.4, 0.5) is 23.7 Å². The van der Waals surface area contributed by atoms with E-state index in [-0.39, 0.29) is 36.0 Å². The number of aliphatic hydroxyl groups is 2. The minimum absolute atomic E-state index is 0.0553. The number of hydrogen-bond acceptors (Lipinski definition) is 5. The van der Waals surface area contributed by atoms with E-state index in [1.165, 1.54) is 12.1 Å². The van der Waals surface area contributed by atoms with E-state index in [4.69, 9.17) is 4.74 Å². The maximum absolute atomic E-state index is 14.2. The number of halogens is 3. The Morgan fingerprint density at radius 1 is 1.04 bits per heavy atom. The molecule has 0 spiro atoms. The first-order chi connectivity index (χ1) is 24.2. The van der Waals surface area contributed by atoms with Gasteiger partial charge in [0.25, 0.3) is 0 Å². The summed E-state index contributed by atoms with van der Waals surface area (Å²) in [5.74, 6) is -0.235. The second-order valence-electron chi connectivity index (χ2n) is 14.4. The molecule has 3 aromatic carbocycles. The van der Waals surface area contributed by atoms with Gasteiger partial charge in [-0.15, -0.1) is 0 Å². The summed E-state index contributed by atoms with van der Waals surface area (Å²) in [4.78, 5) is 29.6. The van der Waals surface area contributed by atoms with Crippen LogP contribution in [0.2, 0.25) is 0 Å². The third kappa shape index (κ3) is 8.50. The van der Waals surface area contributed by atoms with Gasteiger partial charge < -0.3 is 25.2 Å². The highest BCUT2D eigenvalue weighted by molar-refractivity contribution is 6.10. The number of nitrogens with one attached hydrogen (secondary N) is 1. The fraction of sp³-hybridized carbons (Fsp3) is 0.463. The van der Waals surface area contributed by atoms with E-state index in [1.807, 2.05) is 32.9 Å². The first-order valence-electron chi connectivity index (χ1n) is 17.8. The number of hydrogen-bond donors (Lipinski definition) is 3. The number of rotatable bonds is 8. The Kier molecular flexibility index (Phi) is 11.7. The molecule has 7 nitrogen and oxygen atoms in total. The Morgan fingerprint density at radius 3 is 2.47 bits per heavy atom. The van der Waals surface area contributed by atoms with E-state index in [2.05, 4.69) is 11.4 Å². The van der Waals surface area contributed by atoms with E-state index in [0.29, 0.717) is 74.1 Å². The number of carbonyl (C=O) groups is 2. The highest BCUT2D eigenvalue weighted by Gasteiger charge is 2.57. The zero-order valence-electron chi connectivity index (χ0n) is 29.9. The van der Waals surface area contributed by atoms with Gasteiger partial charge in [-0.25, -0.2) is 4.79 Å². The molecule has 274 valence electrons. The molecule has 0 heterocycles. The summed E-state index contributed by atoms with van der Waals surface area (Å²) in [6.45, 7) is 6.48. The summed E-state index contributed by atoms with van der Waals surface area (Å²) in [6, 6.07) is 16.6. The van der Waals surface area contributed by atoms with Gasteiger partial charge in [0.15, 0.2) is 5.78 Å². The third-order valence-electron chi connectivity index (χ3n) is 10.9. The van der Waals surface area contributed by atoms with Gasteiger partial charge in [-0.2, -0.15) is 13.2 Å². The van der Waals surface area contributed by atoms with Crippen molar-refractivity contribution in [3.8, 4) is 5.75 Å². The Hall–Kier alpha value is -4.15. The first-order valence-corrected chi connectivity index (χ1v) is 17.8. The van der Waals surface area contributed by atoms with Crippen molar-refractivity contribution in [2.24, 2.45) is 5.41 Å². The fourth-order valence-electron chi connectivity index (χ4n) is 7.90. The molecule has 1 saturated carbocycles. The quantitative estimate of drug-likeness (QED) is 0.161. The predicted octanol–water partition coefficient (Wildman–Crippen LogP) is 8.93. The van der Waals surface area contributed by atoms with Gasteiger partial charge >= 0.3 is 12.2 Å². The molecule has 0 saturated heterocycles. The molecule has 4 atom stereocenters. The van der Waals surface area contributed by atoms with E-state index >= 15 is 0 Å². The van der Waals surface area contributed by atoms with Crippen molar-refractivity contribution in [2.75, 3.05) is 25.5 Å². The van der Waals surface area contributed by atoms with Crippen LogP contribution in [-0.4, -0.2) is 58.8 Å². The molecule has 3 aromatic rings. The van der Waals surface area contributed by atoms with Crippen LogP contribution in [0.3, 0.4) is 0 Å². The summed E-state index contributed by atoms with van der Waals surface area (Å²) in [5, 5.41) is 26.6. The second-order valence-corrected chi connectivity index (χ2v) is 14.4. The minimum Gasteiger partial charge on any atom is -0.497 e. The molecule has 1 fully saturated rings. The lowest BCUT2D eigenvalue weighted by molar-refractivity contribution is -0.137. The summed E-state index contributed by atoms with van der Waals surface area (Å²) in [7, 11) is 1.57. The molecular formula is C41H49F3N2O5. The van der Waals surface area contributed by atoms with E-state index in [1.54, 1.807) is 42.3 Å². The van der Waals surface area contributed by atoms with E-state index in [0.717, 1.165) is 17.7 Å². The van der Waals surface area contributed by atoms with Gasteiger partial charge in [-0.3, -0.25) is 4.79 Å². The van der Waals surface area contributed by atoms with Crippen molar-refractivity contribution in [3.63, 3.8) is 0 Å². The first kappa shape index (κ1) is 38.1. The van der Waals surface area contributed by atoms with Crippen LogP contribution in [0.5, 0.6) is 5.75 Å². The number of methoxy groups -OCH3 is 1. The normalized spacial score (nSPS) is 23.9. The van der Waals surface area contributed by atoms with Crippen LogP contribution < -0.4 is 10.1 Å². The Morgan fingerprint density at radius 2 is 1.78 bits per heavy atom. The molecule has 2 bridgehead atoms. The highest BCUT2D eigenvalue weighted by Crippen LogP contribution is 2.59. The molecule has 3 aliphatic rings. The summed E-state index contributed by atoms with van der Waals surface area (Å²) >= 11 is 0. The Bertz CT molecular complexity index is 1740. The second kappa shape index (κ2) is 15.6. The SMILES string of the molecule is CCCN(C[C@]1(O)CC[C@H]2c3ccc(cc3C(=O)c3cccc(C(F)(F)F)c3)C[C@@H](O)CCC(C)=CCC[C@@]21C)C(=O)Nc1ccc(OC)cc1. The number of amides is 2. The number of nitrogens with zero attached hydrogens (tertiary/aromatic N) is 1. The number of allylic oxidation sites excluding steroid dienone is 2. The average molecular weight is 707 g/mol. The van der Waals surface area contributed by atoms with Crippen LogP contribution in [0.15, 0.2) is 78.4 Å². The van der Waals surface area contributed by atoms with Gasteiger partial charge in [0, 0.05) is 28.8 Å². The smallest absolute Gasteiger partial charge is 0.416 e. The summed E-state index contributed by atoms with van der Waals surface area (Å²) < 4.78 is 46.3. The topological polar surface area (TPSA) is 99.1 Å². The molecule has 0 aliphatic heterocycles. The van der Waals surface area contributed by atoms with Gasteiger partial charge in [-0.1, -0.05) is 49.8 Å². The zero-order valence-corrected chi connectivity index (χ0v) is 29.9. The molecule has 6 rings (SSSR count). The van der Waals surface area contributed by atoms with Crippen LogP contribution in [0, 0.1) is 5.41 Å². The molecule has 0 unspecified atom stereocenters. The molecule has 3 aliphatic carbocycles. The fourth-order valence-corrected chi connectivity index (χ4v) is 7.90. The summed E-state index contributed by atoms with van der Waals surface area (Å²) in [5.41, 5.74) is 0.178. The van der Waals surface area contributed by atoms with Crippen LogP contribution in [0.1, 0.15) is 104 Å². The van der Waals surface area contributed by atoms with Crippen molar-refractivity contribution in [2.45, 2.75) is 95.9 Å². The molecule has 0 radical (unpaired) electrons. The lowest BCUT2D eigenvalue weighted by Crippen LogP contribution is -2.54.